The van der Waals surface area contributed by atoms with Crippen molar-refractivity contribution in [3.63, 3.8) is 0 Å². The fourth-order valence-corrected chi connectivity index (χ4v) is 3.52. The molecule has 7 nitrogen and oxygen atoms in total. The van der Waals surface area contributed by atoms with Crippen LogP contribution in [0.2, 0.25) is 0 Å². The quantitative estimate of drug-likeness (QED) is 0.762. The van der Waals surface area contributed by atoms with Gasteiger partial charge in [0.25, 0.3) is 10.0 Å². The highest BCUT2D eigenvalue weighted by Gasteiger charge is 2.24. The van der Waals surface area contributed by atoms with Crippen LogP contribution in [-0.4, -0.2) is 33.7 Å². The second-order valence-electron chi connectivity index (χ2n) is 5.27. The summed E-state index contributed by atoms with van der Waals surface area (Å²) in [6.45, 7) is 1.78. The lowest BCUT2D eigenvalue weighted by molar-refractivity contribution is 0.0697. The third kappa shape index (κ3) is 3.88. The molecule has 9 heteroatoms. The monoisotopic (exact) mass is 383 g/mol. The largest absolute Gasteiger partial charge is 0.493 e. The van der Waals surface area contributed by atoms with E-state index in [1.165, 1.54) is 32.4 Å². The fourth-order valence-electron chi connectivity index (χ4n) is 2.35. The number of carboxylic acids is 1. The predicted octanol–water partition coefficient (Wildman–Crippen LogP) is 2.90. The number of aryl methyl sites for hydroxylation is 1. The lowest BCUT2D eigenvalue weighted by atomic mass is 10.1. The Labute approximate surface area is 150 Å². The van der Waals surface area contributed by atoms with Gasteiger partial charge in [-0.15, -0.1) is 0 Å². The molecule has 0 spiro atoms. The molecule has 0 saturated heterocycles. The van der Waals surface area contributed by atoms with Crippen LogP contribution in [0.3, 0.4) is 0 Å². The van der Waals surface area contributed by atoms with Gasteiger partial charge in [0.2, 0.25) is 0 Å². The number of ether oxygens (including phenoxy) is 2. The molecule has 0 saturated carbocycles. The molecule has 0 aliphatic rings. The van der Waals surface area contributed by atoms with Crippen LogP contribution in [-0.2, 0) is 16.4 Å². The van der Waals surface area contributed by atoms with E-state index < -0.39 is 26.7 Å². The van der Waals surface area contributed by atoms with E-state index in [0.29, 0.717) is 12.0 Å². The average molecular weight is 383 g/mol. The van der Waals surface area contributed by atoms with Crippen LogP contribution in [0.5, 0.6) is 11.5 Å². The number of hydrogen-bond acceptors (Lipinski definition) is 5. The minimum absolute atomic E-state index is 0.0456. The van der Waals surface area contributed by atoms with E-state index in [-0.39, 0.29) is 22.7 Å². The summed E-state index contributed by atoms with van der Waals surface area (Å²) in [7, 11) is -1.73. The molecule has 0 aliphatic heterocycles. The van der Waals surface area contributed by atoms with Gasteiger partial charge >= 0.3 is 5.97 Å². The van der Waals surface area contributed by atoms with Gasteiger partial charge in [-0.05, 0) is 24.1 Å². The van der Waals surface area contributed by atoms with Crippen molar-refractivity contribution < 1.29 is 32.2 Å². The van der Waals surface area contributed by atoms with Gasteiger partial charge in [-0.25, -0.2) is 17.6 Å². The van der Waals surface area contributed by atoms with E-state index in [0.717, 1.165) is 12.1 Å². The van der Waals surface area contributed by atoms with Gasteiger partial charge < -0.3 is 14.6 Å². The third-order valence-corrected chi connectivity index (χ3v) is 5.09. The molecule has 0 bridgehead atoms. The van der Waals surface area contributed by atoms with Crippen LogP contribution < -0.4 is 14.2 Å². The smallest absolute Gasteiger partial charge is 0.335 e. The van der Waals surface area contributed by atoms with Crippen LogP contribution in [0.4, 0.5) is 10.1 Å². The highest BCUT2D eigenvalue weighted by molar-refractivity contribution is 7.92. The SMILES string of the molecule is CCc1ccc(C(=O)O)cc1NS(=O)(=O)c1cc(OC)c(OC)cc1F. The van der Waals surface area contributed by atoms with Crippen molar-refractivity contribution >= 4 is 21.7 Å². The summed E-state index contributed by atoms with van der Waals surface area (Å²) in [6, 6.07) is 5.98. The molecule has 0 aromatic heterocycles. The van der Waals surface area contributed by atoms with Crippen molar-refractivity contribution in [3.05, 3.63) is 47.3 Å². The number of anilines is 1. The van der Waals surface area contributed by atoms with Crippen molar-refractivity contribution in [2.45, 2.75) is 18.2 Å². The zero-order valence-electron chi connectivity index (χ0n) is 14.4. The average Bonchev–Trinajstić information content (AvgIpc) is 2.60. The highest BCUT2D eigenvalue weighted by atomic mass is 32.2. The number of hydrogen-bond donors (Lipinski definition) is 2. The fraction of sp³-hybridized carbons (Fsp3) is 0.235. The van der Waals surface area contributed by atoms with Crippen LogP contribution in [0.1, 0.15) is 22.8 Å². The summed E-state index contributed by atoms with van der Waals surface area (Å²) < 4.78 is 51.8. The summed E-state index contributed by atoms with van der Waals surface area (Å²) in [6.07, 6.45) is 0.451. The molecule has 2 aromatic rings. The Bertz CT molecular complexity index is 943. The van der Waals surface area contributed by atoms with Crippen LogP contribution in [0, 0.1) is 5.82 Å². The Kier molecular flexibility index (Phi) is 5.71. The lowest BCUT2D eigenvalue weighted by Gasteiger charge is -2.15. The summed E-state index contributed by atoms with van der Waals surface area (Å²) in [4.78, 5) is 10.5. The summed E-state index contributed by atoms with van der Waals surface area (Å²) in [5, 5.41) is 9.09. The van der Waals surface area contributed by atoms with Crippen LogP contribution in [0.25, 0.3) is 0 Å². The van der Waals surface area contributed by atoms with Crippen molar-refractivity contribution in [3.8, 4) is 11.5 Å². The molecular weight excluding hydrogens is 365 g/mol. The van der Waals surface area contributed by atoms with Gasteiger partial charge in [0.1, 0.15) is 10.7 Å². The summed E-state index contributed by atoms with van der Waals surface area (Å²) >= 11 is 0. The van der Waals surface area contributed by atoms with Gasteiger partial charge in [0.15, 0.2) is 11.5 Å². The zero-order chi connectivity index (χ0) is 19.5. The summed E-state index contributed by atoms with van der Waals surface area (Å²) in [5.74, 6) is -2.14. The molecule has 26 heavy (non-hydrogen) atoms. The first-order valence-corrected chi connectivity index (χ1v) is 9.02. The van der Waals surface area contributed by atoms with E-state index >= 15 is 0 Å². The normalized spacial score (nSPS) is 11.1. The van der Waals surface area contributed by atoms with Crippen molar-refractivity contribution in [2.24, 2.45) is 0 Å². The highest BCUT2D eigenvalue weighted by Crippen LogP contribution is 2.33. The van der Waals surface area contributed by atoms with Crippen molar-refractivity contribution in [2.75, 3.05) is 18.9 Å². The molecule has 140 valence electrons. The number of sulfonamides is 1. The molecule has 0 amide bonds. The minimum Gasteiger partial charge on any atom is -0.493 e. The molecule has 2 N–H and O–H groups in total. The summed E-state index contributed by atoms with van der Waals surface area (Å²) in [5.41, 5.74) is 0.550. The Balaban J connectivity index is 2.53. The number of nitrogens with one attached hydrogen (secondary N) is 1. The Morgan fingerprint density at radius 1 is 1.15 bits per heavy atom. The third-order valence-electron chi connectivity index (χ3n) is 3.71. The van der Waals surface area contributed by atoms with Crippen molar-refractivity contribution in [1.29, 1.82) is 0 Å². The first-order valence-electron chi connectivity index (χ1n) is 7.54. The molecule has 0 heterocycles. The topological polar surface area (TPSA) is 102 Å². The maximum Gasteiger partial charge on any atom is 0.335 e. The lowest BCUT2D eigenvalue weighted by Crippen LogP contribution is -2.16. The molecule has 0 radical (unpaired) electrons. The number of rotatable bonds is 7. The first-order chi connectivity index (χ1) is 12.2. The standard InChI is InChI=1S/C17H18FNO6S/c1-4-10-5-6-11(17(20)21)7-13(10)19-26(22,23)16-9-15(25-3)14(24-2)8-12(16)18/h5-9,19H,4H2,1-3H3,(H,20,21). The van der Waals surface area contributed by atoms with E-state index in [1.54, 1.807) is 6.92 Å². The second kappa shape index (κ2) is 7.61. The molecule has 0 unspecified atom stereocenters. The van der Waals surface area contributed by atoms with Crippen molar-refractivity contribution in [1.82, 2.24) is 0 Å². The second-order valence-corrected chi connectivity index (χ2v) is 6.92. The van der Waals surface area contributed by atoms with Crippen LogP contribution >= 0.6 is 0 Å². The molecule has 2 rings (SSSR count). The predicted molar refractivity (Wildman–Crippen MR) is 93.1 cm³/mol. The number of benzene rings is 2. The van der Waals surface area contributed by atoms with Gasteiger partial charge in [0, 0.05) is 12.1 Å². The van der Waals surface area contributed by atoms with Gasteiger partial charge in [-0.2, -0.15) is 0 Å². The number of carbonyl (C=O) groups is 1. The molecule has 0 aliphatic carbocycles. The molecular formula is C17H18FNO6S. The Hall–Kier alpha value is -2.81. The molecule has 0 atom stereocenters. The van der Waals surface area contributed by atoms with Gasteiger partial charge in [-0.3, -0.25) is 4.72 Å². The van der Waals surface area contributed by atoms with E-state index in [9.17, 15) is 17.6 Å². The maximum absolute atomic E-state index is 14.3. The minimum atomic E-state index is -4.33. The number of carboxylic acid groups (broad SMARTS) is 1. The number of methoxy groups -OCH3 is 2. The Morgan fingerprint density at radius 3 is 2.31 bits per heavy atom. The number of aromatic carboxylic acids is 1. The van der Waals surface area contributed by atoms with Gasteiger partial charge in [0.05, 0.1) is 25.5 Å². The van der Waals surface area contributed by atoms with Gasteiger partial charge in [-0.1, -0.05) is 13.0 Å². The first kappa shape index (κ1) is 19.5. The van der Waals surface area contributed by atoms with E-state index in [1.807, 2.05) is 0 Å². The maximum atomic E-state index is 14.3. The molecule has 2 aromatic carbocycles. The zero-order valence-corrected chi connectivity index (χ0v) is 15.2. The molecule has 0 fully saturated rings. The number of halogens is 1. The van der Waals surface area contributed by atoms with Crippen LogP contribution in [0.15, 0.2) is 35.2 Å². The van der Waals surface area contributed by atoms with E-state index in [2.05, 4.69) is 4.72 Å². The Morgan fingerprint density at radius 2 is 1.77 bits per heavy atom. The van der Waals surface area contributed by atoms with E-state index in [4.69, 9.17) is 14.6 Å².